The van der Waals surface area contributed by atoms with Gasteiger partial charge in [-0.15, -0.1) is 11.3 Å². The van der Waals surface area contributed by atoms with E-state index in [2.05, 4.69) is 43.4 Å². The van der Waals surface area contributed by atoms with Crippen LogP contribution in [0.3, 0.4) is 0 Å². The van der Waals surface area contributed by atoms with Gasteiger partial charge < -0.3 is 10.1 Å². The van der Waals surface area contributed by atoms with Crippen molar-refractivity contribution >= 4 is 17.1 Å². The summed E-state index contributed by atoms with van der Waals surface area (Å²) < 4.78 is 5.48. The van der Waals surface area contributed by atoms with Crippen molar-refractivity contribution in [3.05, 3.63) is 16.1 Å². The molecular formula is C16H26N2O2S. The summed E-state index contributed by atoms with van der Waals surface area (Å²) in [6.07, 6.45) is 1.50. The molecule has 1 N–H and O–H groups in total. The van der Waals surface area contributed by atoms with Crippen LogP contribution in [-0.4, -0.2) is 36.6 Å². The Bertz CT molecular complexity index is 479. The molecular weight excluding hydrogens is 284 g/mol. The average molecular weight is 310 g/mol. The number of ether oxygens (including phenoxy) is 1. The maximum Gasteiger partial charge on any atom is 0.146 e. The second kappa shape index (κ2) is 6.99. The number of nitrogens with one attached hydrogen (secondary N) is 1. The molecule has 0 spiro atoms. The molecule has 0 aromatic carbocycles. The van der Waals surface area contributed by atoms with E-state index in [4.69, 9.17) is 4.74 Å². The van der Waals surface area contributed by atoms with Gasteiger partial charge in [0, 0.05) is 16.8 Å². The Labute approximate surface area is 131 Å². The van der Waals surface area contributed by atoms with E-state index in [0.29, 0.717) is 19.6 Å². The van der Waals surface area contributed by atoms with E-state index in [9.17, 15) is 4.79 Å². The minimum atomic E-state index is -0.0291. The van der Waals surface area contributed by atoms with Crippen LogP contribution in [0.1, 0.15) is 44.8 Å². The number of hydrogen-bond donors (Lipinski definition) is 1. The summed E-state index contributed by atoms with van der Waals surface area (Å²) in [6, 6.07) is 0.166. The molecule has 21 heavy (non-hydrogen) atoms. The van der Waals surface area contributed by atoms with Gasteiger partial charge in [-0.3, -0.25) is 4.79 Å². The highest BCUT2D eigenvalue weighted by Crippen LogP contribution is 2.25. The second-order valence-corrected chi connectivity index (χ2v) is 7.67. The Morgan fingerprint density at radius 2 is 2.24 bits per heavy atom. The fraction of sp³-hybridized carbons (Fsp3) is 0.750. The van der Waals surface area contributed by atoms with Crippen molar-refractivity contribution in [2.75, 3.05) is 19.8 Å². The van der Waals surface area contributed by atoms with E-state index < -0.39 is 0 Å². The first-order valence-electron chi connectivity index (χ1n) is 7.70. The minimum Gasteiger partial charge on any atom is -0.379 e. The van der Waals surface area contributed by atoms with Gasteiger partial charge >= 0.3 is 0 Å². The molecule has 0 saturated carbocycles. The van der Waals surface area contributed by atoms with Gasteiger partial charge in [-0.25, -0.2) is 4.98 Å². The number of hydrogen-bond acceptors (Lipinski definition) is 5. The van der Waals surface area contributed by atoms with Gasteiger partial charge in [0.2, 0.25) is 0 Å². The zero-order valence-electron chi connectivity index (χ0n) is 13.4. The molecule has 1 aliphatic rings. The van der Waals surface area contributed by atoms with Crippen LogP contribution in [-0.2, 0) is 21.4 Å². The average Bonchev–Trinajstić information content (AvgIpc) is 3.03. The molecule has 2 unspecified atom stereocenters. The van der Waals surface area contributed by atoms with Crippen molar-refractivity contribution in [3.63, 3.8) is 0 Å². The second-order valence-electron chi connectivity index (χ2n) is 6.72. The minimum absolute atomic E-state index is 0.0291. The fourth-order valence-electron chi connectivity index (χ4n) is 2.42. The lowest BCUT2D eigenvalue weighted by Crippen LogP contribution is -2.40. The number of carbonyl (C=O) groups excluding carboxylic acids is 1. The van der Waals surface area contributed by atoms with Crippen molar-refractivity contribution in [3.8, 4) is 0 Å². The predicted molar refractivity (Wildman–Crippen MR) is 85.9 cm³/mol. The standard InChI is InChI=1S/C16H26N2O2S/c1-5-6-17-12-9-20-8-11(12)13(19)7-15-18-14(10-21-15)16(2,3)4/h10-12,17H,5-9H2,1-4H3. The molecule has 1 aromatic heterocycles. The quantitative estimate of drug-likeness (QED) is 0.877. The molecule has 0 aliphatic carbocycles. The maximum absolute atomic E-state index is 12.5. The third-order valence-electron chi connectivity index (χ3n) is 3.80. The number of rotatable bonds is 6. The molecule has 2 atom stereocenters. The lowest BCUT2D eigenvalue weighted by molar-refractivity contribution is -0.122. The van der Waals surface area contributed by atoms with E-state index in [1.54, 1.807) is 11.3 Å². The SMILES string of the molecule is CCCNC1COCC1C(=O)Cc1nc(C(C)(C)C)cs1. The molecule has 118 valence electrons. The van der Waals surface area contributed by atoms with Gasteiger partial charge in [0.25, 0.3) is 0 Å². The molecule has 2 rings (SSSR count). The summed E-state index contributed by atoms with van der Waals surface area (Å²) in [7, 11) is 0. The number of ketones is 1. The summed E-state index contributed by atoms with van der Waals surface area (Å²) in [5.74, 6) is 0.217. The molecule has 2 heterocycles. The van der Waals surface area contributed by atoms with Gasteiger partial charge in [-0.05, 0) is 13.0 Å². The van der Waals surface area contributed by atoms with E-state index >= 15 is 0 Å². The Morgan fingerprint density at radius 3 is 2.86 bits per heavy atom. The zero-order chi connectivity index (χ0) is 15.5. The maximum atomic E-state index is 12.5. The van der Waals surface area contributed by atoms with Crippen LogP contribution in [0.5, 0.6) is 0 Å². The zero-order valence-corrected chi connectivity index (χ0v) is 14.3. The van der Waals surface area contributed by atoms with Crippen LogP contribution < -0.4 is 5.32 Å². The lowest BCUT2D eigenvalue weighted by atomic mass is 9.93. The van der Waals surface area contributed by atoms with E-state index in [1.165, 1.54) is 0 Å². The highest BCUT2D eigenvalue weighted by molar-refractivity contribution is 7.09. The highest BCUT2D eigenvalue weighted by atomic mass is 32.1. The van der Waals surface area contributed by atoms with E-state index in [-0.39, 0.29) is 23.2 Å². The number of Topliss-reactive ketones (excluding diaryl/α,β-unsaturated/α-hetero) is 1. The Morgan fingerprint density at radius 1 is 1.48 bits per heavy atom. The predicted octanol–water partition coefficient (Wildman–Crippen LogP) is 2.57. The third kappa shape index (κ3) is 4.34. The van der Waals surface area contributed by atoms with Crippen molar-refractivity contribution < 1.29 is 9.53 Å². The van der Waals surface area contributed by atoms with Crippen LogP contribution >= 0.6 is 11.3 Å². The Balaban J connectivity index is 1.96. The van der Waals surface area contributed by atoms with Crippen molar-refractivity contribution in [1.29, 1.82) is 0 Å². The first kappa shape index (κ1) is 16.6. The third-order valence-corrected chi connectivity index (χ3v) is 4.65. The largest absolute Gasteiger partial charge is 0.379 e. The molecule has 0 radical (unpaired) electrons. The molecule has 5 heteroatoms. The number of carbonyl (C=O) groups is 1. The van der Waals surface area contributed by atoms with Crippen LogP contribution in [0, 0.1) is 5.92 Å². The number of aromatic nitrogens is 1. The van der Waals surface area contributed by atoms with Gasteiger partial charge in [-0.1, -0.05) is 27.7 Å². The highest BCUT2D eigenvalue weighted by Gasteiger charge is 2.33. The normalized spacial score (nSPS) is 22.7. The Hall–Kier alpha value is -0.780. The smallest absolute Gasteiger partial charge is 0.146 e. The number of nitrogens with zero attached hydrogens (tertiary/aromatic N) is 1. The van der Waals surface area contributed by atoms with Crippen molar-refractivity contribution in [1.82, 2.24) is 10.3 Å². The van der Waals surface area contributed by atoms with E-state index in [0.717, 1.165) is 23.7 Å². The van der Waals surface area contributed by atoms with Gasteiger partial charge in [0.15, 0.2) is 0 Å². The topological polar surface area (TPSA) is 51.2 Å². The van der Waals surface area contributed by atoms with Crippen molar-refractivity contribution in [2.24, 2.45) is 5.92 Å². The van der Waals surface area contributed by atoms with Gasteiger partial charge in [0.05, 0.1) is 31.2 Å². The van der Waals surface area contributed by atoms with E-state index in [1.807, 2.05) is 0 Å². The van der Waals surface area contributed by atoms with Crippen molar-refractivity contribution in [2.45, 2.75) is 52.0 Å². The summed E-state index contributed by atoms with van der Waals surface area (Å²) >= 11 is 1.59. The molecule has 1 fully saturated rings. The fourth-order valence-corrected chi connectivity index (χ4v) is 3.45. The Kier molecular flexibility index (Phi) is 5.52. The van der Waals surface area contributed by atoms with Crippen LogP contribution in [0.15, 0.2) is 5.38 Å². The summed E-state index contributed by atoms with van der Waals surface area (Å²) in [5, 5.41) is 6.41. The summed E-state index contributed by atoms with van der Waals surface area (Å²) in [5.41, 5.74) is 1.11. The van der Waals surface area contributed by atoms with Gasteiger partial charge in [-0.2, -0.15) is 0 Å². The molecule has 4 nitrogen and oxygen atoms in total. The lowest BCUT2D eigenvalue weighted by Gasteiger charge is -2.17. The first-order chi connectivity index (χ1) is 9.91. The van der Waals surface area contributed by atoms with Gasteiger partial charge in [0.1, 0.15) is 10.8 Å². The first-order valence-corrected chi connectivity index (χ1v) is 8.58. The molecule has 1 aliphatic heterocycles. The summed E-state index contributed by atoms with van der Waals surface area (Å²) in [4.78, 5) is 17.1. The van der Waals surface area contributed by atoms with Crippen LogP contribution in [0.25, 0.3) is 0 Å². The molecule has 0 amide bonds. The molecule has 0 bridgehead atoms. The van der Waals surface area contributed by atoms with Crippen LogP contribution in [0.4, 0.5) is 0 Å². The molecule has 1 aromatic rings. The van der Waals surface area contributed by atoms with Crippen LogP contribution in [0.2, 0.25) is 0 Å². The monoisotopic (exact) mass is 310 g/mol. The summed E-state index contributed by atoms with van der Waals surface area (Å²) in [6.45, 7) is 10.7. The number of thiazole rings is 1. The molecule has 1 saturated heterocycles.